The predicted octanol–water partition coefficient (Wildman–Crippen LogP) is 7.47. The van der Waals surface area contributed by atoms with Crippen LogP contribution in [0.3, 0.4) is 0 Å². The van der Waals surface area contributed by atoms with Gasteiger partial charge in [0.1, 0.15) is 23.1 Å². The molecule has 43 heavy (non-hydrogen) atoms. The fourth-order valence-corrected chi connectivity index (χ4v) is 5.09. The van der Waals surface area contributed by atoms with Crippen LogP contribution in [0.1, 0.15) is 50.4 Å². The summed E-state index contributed by atoms with van der Waals surface area (Å²) in [5, 5.41) is 15.7. The average molecular weight is 583 g/mol. The second-order valence-corrected chi connectivity index (χ2v) is 11.9. The first kappa shape index (κ1) is 28.3. The zero-order valence-electron chi connectivity index (χ0n) is 24.8. The van der Waals surface area contributed by atoms with E-state index in [9.17, 15) is 9.18 Å². The van der Waals surface area contributed by atoms with Crippen molar-refractivity contribution in [3.8, 4) is 17.2 Å². The number of fused-ring (bicyclic) bond motifs is 1. The second-order valence-electron chi connectivity index (χ2n) is 11.9. The number of ether oxygens (including phenoxy) is 1. The van der Waals surface area contributed by atoms with Crippen molar-refractivity contribution in [2.45, 2.75) is 52.5 Å². The molecule has 10 heteroatoms. The molecule has 2 aromatic heterocycles. The first-order chi connectivity index (χ1) is 20.6. The minimum absolute atomic E-state index is 0.0351. The molecule has 1 saturated heterocycles. The number of halogens is 1. The van der Waals surface area contributed by atoms with Gasteiger partial charge in [-0.25, -0.2) is 13.9 Å². The van der Waals surface area contributed by atoms with Gasteiger partial charge in [-0.2, -0.15) is 5.10 Å². The standard InChI is InChI=1S/C33H35FN6O3/c1-21-7-10-24(11-8-21)40-30(19-29(37-40)33(2,3)4)36-32(41)35-20-22-17-23(34)9-14-27(22)42-25-12-13-26-28(18-25)43-38-31(26)39-15-5-6-16-39/h7-14,17-19H,5-6,15-16,20H2,1-4H3,(H2,35,36,41). The summed E-state index contributed by atoms with van der Waals surface area (Å²) in [7, 11) is 0. The average Bonchev–Trinajstić information content (AvgIpc) is 3.73. The Morgan fingerprint density at radius 2 is 1.79 bits per heavy atom. The molecule has 0 unspecified atom stereocenters. The van der Waals surface area contributed by atoms with Gasteiger partial charge in [0.2, 0.25) is 0 Å². The van der Waals surface area contributed by atoms with Crippen LogP contribution in [0.2, 0.25) is 0 Å². The van der Waals surface area contributed by atoms with Crippen LogP contribution in [0.4, 0.5) is 20.8 Å². The minimum atomic E-state index is -0.457. The lowest BCUT2D eigenvalue weighted by Gasteiger charge is -2.14. The molecule has 1 aliphatic heterocycles. The summed E-state index contributed by atoms with van der Waals surface area (Å²) in [5.74, 6) is 1.87. The second kappa shape index (κ2) is 11.4. The van der Waals surface area contributed by atoms with E-state index in [0.717, 1.165) is 54.1 Å². The zero-order valence-corrected chi connectivity index (χ0v) is 24.8. The minimum Gasteiger partial charge on any atom is -0.457 e. The number of benzene rings is 3. The number of hydrogen-bond acceptors (Lipinski definition) is 6. The van der Waals surface area contributed by atoms with Gasteiger partial charge in [0, 0.05) is 42.7 Å². The quantitative estimate of drug-likeness (QED) is 0.207. The fourth-order valence-electron chi connectivity index (χ4n) is 5.09. The van der Waals surface area contributed by atoms with Crippen molar-refractivity contribution in [1.29, 1.82) is 0 Å². The normalized spacial score (nSPS) is 13.5. The van der Waals surface area contributed by atoms with E-state index in [1.807, 2.05) is 49.4 Å². The van der Waals surface area contributed by atoms with Gasteiger partial charge in [0.05, 0.1) is 16.8 Å². The number of urea groups is 1. The largest absolute Gasteiger partial charge is 0.457 e. The third kappa shape index (κ3) is 6.18. The van der Waals surface area contributed by atoms with Crippen molar-refractivity contribution in [2.75, 3.05) is 23.3 Å². The van der Waals surface area contributed by atoms with E-state index in [2.05, 4.69) is 41.5 Å². The summed E-state index contributed by atoms with van der Waals surface area (Å²) in [5.41, 5.74) is 3.66. The number of aromatic nitrogens is 3. The van der Waals surface area contributed by atoms with Gasteiger partial charge in [0.25, 0.3) is 0 Å². The van der Waals surface area contributed by atoms with Crippen molar-refractivity contribution in [3.63, 3.8) is 0 Å². The molecule has 222 valence electrons. The number of nitrogens with zero attached hydrogens (tertiary/aromatic N) is 4. The molecule has 1 fully saturated rings. The highest BCUT2D eigenvalue weighted by Gasteiger charge is 2.22. The maximum absolute atomic E-state index is 14.3. The van der Waals surface area contributed by atoms with E-state index in [-0.39, 0.29) is 12.0 Å². The third-order valence-electron chi connectivity index (χ3n) is 7.52. The van der Waals surface area contributed by atoms with Crippen LogP contribution in [0.25, 0.3) is 16.7 Å². The summed E-state index contributed by atoms with van der Waals surface area (Å²) in [6.45, 7) is 10.2. The Morgan fingerprint density at radius 1 is 1.02 bits per heavy atom. The summed E-state index contributed by atoms with van der Waals surface area (Å²) in [6.07, 6.45) is 2.28. The highest BCUT2D eigenvalue weighted by atomic mass is 19.1. The van der Waals surface area contributed by atoms with E-state index in [4.69, 9.17) is 14.4 Å². The van der Waals surface area contributed by atoms with Crippen molar-refractivity contribution in [2.24, 2.45) is 0 Å². The molecule has 3 heterocycles. The molecule has 6 rings (SSSR count). The topological polar surface area (TPSA) is 97.5 Å². The van der Waals surface area contributed by atoms with E-state index in [1.165, 1.54) is 12.1 Å². The molecule has 3 aromatic carbocycles. The Hall–Kier alpha value is -4.86. The highest BCUT2D eigenvalue weighted by molar-refractivity contribution is 5.90. The lowest BCUT2D eigenvalue weighted by molar-refractivity contribution is 0.251. The van der Waals surface area contributed by atoms with Gasteiger partial charge < -0.3 is 19.5 Å². The van der Waals surface area contributed by atoms with Crippen LogP contribution in [-0.2, 0) is 12.0 Å². The Morgan fingerprint density at radius 3 is 2.53 bits per heavy atom. The number of aryl methyl sites for hydroxylation is 1. The Bertz CT molecular complexity index is 1760. The van der Waals surface area contributed by atoms with E-state index in [1.54, 1.807) is 16.8 Å². The van der Waals surface area contributed by atoms with E-state index < -0.39 is 11.8 Å². The number of nitrogens with one attached hydrogen (secondary N) is 2. The molecule has 0 atom stereocenters. The number of rotatable bonds is 7. The molecular formula is C33H35FN6O3. The van der Waals surface area contributed by atoms with Gasteiger partial charge in [-0.3, -0.25) is 5.32 Å². The maximum atomic E-state index is 14.3. The molecular weight excluding hydrogens is 547 g/mol. The lowest BCUT2D eigenvalue weighted by Crippen LogP contribution is -2.29. The Balaban J connectivity index is 1.18. The molecule has 0 saturated carbocycles. The van der Waals surface area contributed by atoms with Gasteiger partial charge in [-0.1, -0.05) is 43.6 Å². The van der Waals surface area contributed by atoms with Crippen molar-refractivity contribution in [1.82, 2.24) is 20.3 Å². The highest BCUT2D eigenvalue weighted by Crippen LogP contribution is 2.34. The van der Waals surface area contributed by atoms with Crippen LogP contribution >= 0.6 is 0 Å². The van der Waals surface area contributed by atoms with Gasteiger partial charge in [0.15, 0.2) is 11.4 Å². The van der Waals surface area contributed by atoms with Crippen LogP contribution in [0, 0.1) is 12.7 Å². The zero-order chi connectivity index (χ0) is 30.1. The number of carbonyl (C=O) groups excluding carboxylic acids is 1. The molecule has 0 aliphatic carbocycles. The van der Waals surface area contributed by atoms with Crippen LogP contribution in [0.15, 0.2) is 71.3 Å². The van der Waals surface area contributed by atoms with Gasteiger partial charge in [-0.15, -0.1) is 0 Å². The maximum Gasteiger partial charge on any atom is 0.320 e. The summed E-state index contributed by atoms with van der Waals surface area (Å²) >= 11 is 0. The SMILES string of the molecule is Cc1ccc(-n2nc(C(C)(C)C)cc2NC(=O)NCc2cc(F)ccc2Oc2ccc3c(N4CCCC4)noc3c2)cc1. The Labute approximate surface area is 249 Å². The molecule has 0 radical (unpaired) electrons. The smallest absolute Gasteiger partial charge is 0.320 e. The third-order valence-corrected chi connectivity index (χ3v) is 7.52. The van der Waals surface area contributed by atoms with Gasteiger partial charge in [-0.05, 0) is 62.2 Å². The molecule has 2 amide bonds. The summed E-state index contributed by atoms with van der Waals surface area (Å²) in [4.78, 5) is 15.3. The fraction of sp³-hybridized carbons (Fsp3) is 0.303. The van der Waals surface area contributed by atoms with E-state index >= 15 is 0 Å². The van der Waals surface area contributed by atoms with Gasteiger partial charge >= 0.3 is 6.03 Å². The summed E-state index contributed by atoms with van der Waals surface area (Å²) < 4.78 is 27.7. The first-order valence-corrected chi connectivity index (χ1v) is 14.5. The van der Waals surface area contributed by atoms with Crippen LogP contribution in [-0.4, -0.2) is 34.1 Å². The van der Waals surface area contributed by atoms with Crippen LogP contribution < -0.4 is 20.3 Å². The first-order valence-electron chi connectivity index (χ1n) is 14.5. The number of hydrogen-bond donors (Lipinski definition) is 2. The number of anilines is 2. The Kier molecular flexibility index (Phi) is 7.52. The lowest BCUT2D eigenvalue weighted by atomic mass is 9.92. The summed E-state index contributed by atoms with van der Waals surface area (Å²) in [6, 6.07) is 19.1. The molecule has 1 aliphatic rings. The number of amides is 2. The molecule has 9 nitrogen and oxygen atoms in total. The monoisotopic (exact) mass is 582 g/mol. The van der Waals surface area contributed by atoms with E-state index in [0.29, 0.717) is 28.5 Å². The number of carbonyl (C=O) groups is 1. The van der Waals surface area contributed by atoms with Crippen LogP contribution in [0.5, 0.6) is 11.5 Å². The van der Waals surface area contributed by atoms with Crippen molar-refractivity contribution < 1.29 is 18.4 Å². The molecule has 5 aromatic rings. The van der Waals surface area contributed by atoms with Crippen molar-refractivity contribution in [3.05, 3.63) is 89.4 Å². The predicted molar refractivity (Wildman–Crippen MR) is 165 cm³/mol. The molecule has 0 spiro atoms. The molecule has 2 N–H and O–H groups in total. The molecule has 0 bridgehead atoms. The van der Waals surface area contributed by atoms with Crippen molar-refractivity contribution >= 4 is 28.6 Å².